The molecule has 208 valence electrons. The topological polar surface area (TPSA) is 152 Å². The van der Waals surface area contributed by atoms with E-state index in [1.165, 1.54) is 0 Å². The predicted molar refractivity (Wildman–Crippen MR) is 161 cm³/mol. The number of nitrogens with one attached hydrogen (secondary N) is 2. The van der Waals surface area contributed by atoms with E-state index in [2.05, 4.69) is 35.0 Å². The maximum atomic E-state index is 13.4. The average molecular weight is 865 g/mol. The number of rotatable bonds is 8. The molecule has 0 fully saturated rings. The Balaban J connectivity index is 0.000000397. The van der Waals surface area contributed by atoms with Gasteiger partial charge in [0.1, 0.15) is 5.75 Å². The van der Waals surface area contributed by atoms with Gasteiger partial charge in [-0.3, -0.25) is 9.36 Å². The predicted octanol–water partition coefficient (Wildman–Crippen LogP) is 8.63. The van der Waals surface area contributed by atoms with Crippen LogP contribution >= 0.6 is 42.6 Å². The molecule has 0 amide bonds. The molecule has 0 saturated carbocycles. The molecule has 0 bridgehead atoms. The van der Waals surface area contributed by atoms with Crippen LogP contribution in [0, 0.1) is 19.4 Å². The van der Waals surface area contributed by atoms with E-state index in [0.29, 0.717) is 17.1 Å². The molecule has 0 atom stereocenters. The molecule has 4 aromatic rings. The summed E-state index contributed by atoms with van der Waals surface area (Å²) in [6.07, 6.45) is 0.732. The Kier molecular flexibility index (Phi) is 11.8. The first kappa shape index (κ1) is 30.0. The van der Waals surface area contributed by atoms with Crippen molar-refractivity contribution in [3.05, 3.63) is 93.1 Å². The second kappa shape index (κ2) is 15.8. The van der Waals surface area contributed by atoms with Crippen molar-refractivity contribution in [1.29, 1.82) is 6.28 Å². The first-order valence-electron chi connectivity index (χ1n) is 12.0. The first-order chi connectivity index (χ1) is 19.6. The third kappa shape index (κ3) is 8.06. The molecule has 0 unspecified atom stereocenters. The monoisotopic (exact) mass is 864 g/mol. The van der Waals surface area contributed by atoms with Gasteiger partial charge in [0.05, 0.1) is 21.1 Å². The van der Waals surface area contributed by atoms with E-state index >= 15 is 0 Å². The van der Waals surface area contributed by atoms with Gasteiger partial charge in [-0.1, -0.05) is 47.5 Å². The van der Waals surface area contributed by atoms with Crippen molar-refractivity contribution in [2.45, 2.75) is 20.3 Å². The van der Waals surface area contributed by atoms with E-state index in [-0.39, 0.29) is 16.7 Å². The van der Waals surface area contributed by atoms with Gasteiger partial charge >= 0.3 is 69.9 Å². The number of nitrogens with zero attached hydrogens (tertiary/aromatic N) is 7. The number of aromatic nitrogens is 1. The van der Waals surface area contributed by atoms with Crippen molar-refractivity contribution >= 4 is 65.1 Å². The SMILES string of the molecule is Cc1cc(NCCc2c(C)n(C(=O)c3cccc(Cl)c3Cl)c3ccccc23)ccc1O.[2H]\[W]([I])=[N]/N=N/N=N/N=N. The first-order valence-corrected chi connectivity index (χ1v) is 21.9. The minimum absolute atomic E-state index is 0.199. The van der Waals surface area contributed by atoms with E-state index in [9.17, 15) is 9.90 Å². The number of halogens is 3. The molecule has 0 spiro atoms. The maximum absolute atomic E-state index is 13.4. The zero-order valence-corrected chi connectivity index (χ0v) is 27.8. The van der Waals surface area contributed by atoms with Crippen LogP contribution in [-0.2, 0) is 20.9 Å². The third-order valence-electron chi connectivity index (χ3n) is 5.76. The summed E-state index contributed by atoms with van der Waals surface area (Å²) in [4.78, 5) is 13.4. The van der Waals surface area contributed by atoms with Crippen LogP contribution in [0.2, 0.25) is 10.0 Å². The third-order valence-corrected chi connectivity index (χ3v) is 8.51. The van der Waals surface area contributed by atoms with Crippen LogP contribution in [0.5, 0.6) is 5.75 Å². The van der Waals surface area contributed by atoms with E-state index in [1.807, 2.05) is 69.6 Å². The minimum atomic E-state index is -2.27. The fourth-order valence-corrected chi connectivity index (χ4v) is 5.23. The van der Waals surface area contributed by atoms with Crippen LogP contribution in [0.1, 0.15) is 27.2 Å². The number of hydrogen-bond acceptors (Lipinski definition) is 5. The van der Waals surface area contributed by atoms with Crippen LogP contribution in [-0.4, -0.2) is 22.9 Å². The Morgan fingerprint density at radius 2 is 1.85 bits per heavy atom. The van der Waals surface area contributed by atoms with Crippen molar-refractivity contribution in [2.24, 2.45) is 29.7 Å². The second-order valence-corrected chi connectivity index (χ2v) is 13.2. The summed E-state index contributed by atoms with van der Waals surface area (Å²) in [7, 11) is 0. The van der Waals surface area contributed by atoms with Gasteiger partial charge in [-0.25, -0.2) is 0 Å². The Morgan fingerprint density at radius 1 is 1.10 bits per heavy atom. The van der Waals surface area contributed by atoms with Gasteiger partial charge in [0.25, 0.3) is 5.91 Å². The molecule has 11 nitrogen and oxygen atoms in total. The summed E-state index contributed by atoms with van der Waals surface area (Å²) >= 11 is 12.1. The molecule has 3 N–H and O–H groups in total. The molecule has 15 heteroatoms. The number of aryl methyl sites for hydroxylation is 1. The summed E-state index contributed by atoms with van der Waals surface area (Å²) in [5.74, 6) is 0.0808. The Bertz CT molecular complexity index is 1660. The van der Waals surface area contributed by atoms with E-state index in [1.54, 1.807) is 28.8 Å². The van der Waals surface area contributed by atoms with Crippen LogP contribution in [0.4, 0.5) is 5.69 Å². The number of para-hydroxylation sites is 1. The van der Waals surface area contributed by atoms with Gasteiger partial charge in [-0.2, -0.15) is 0 Å². The number of aromatic hydroxyl groups is 1. The van der Waals surface area contributed by atoms with Crippen molar-refractivity contribution in [3.63, 3.8) is 0 Å². The summed E-state index contributed by atoms with van der Waals surface area (Å²) < 4.78 is 12.1. The fraction of sp³-hybridized carbons (Fsp3) is 0.160. The molecule has 0 aliphatic carbocycles. The number of fused-ring (bicyclic) bond motifs is 1. The summed E-state index contributed by atoms with van der Waals surface area (Å²) in [5, 5.41) is 29.2. The van der Waals surface area contributed by atoms with Gasteiger partial charge in [-0.15, -0.1) is 0 Å². The quantitative estimate of drug-likeness (QED) is 0.0704. The van der Waals surface area contributed by atoms with Crippen LogP contribution in [0.3, 0.4) is 0 Å². The van der Waals surface area contributed by atoms with Gasteiger partial charge in [0.15, 0.2) is 0 Å². The van der Waals surface area contributed by atoms with Crippen molar-refractivity contribution in [3.8, 4) is 5.75 Å². The zero-order valence-electron chi connectivity index (χ0n) is 22.2. The zero-order chi connectivity index (χ0) is 29.9. The average Bonchev–Trinajstić information content (AvgIpc) is 3.23. The molecule has 40 heavy (non-hydrogen) atoms. The van der Waals surface area contributed by atoms with Gasteiger partial charge in [0, 0.05) is 23.3 Å². The molecular weight excluding hydrogens is 840 g/mol. The van der Waals surface area contributed by atoms with Crippen molar-refractivity contribution < 1.29 is 24.4 Å². The molecule has 1 aromatic heterocycles. The van der Waals surface area contributed by atoms with Gasteiger partial charge in [0.2, 0.25) is 0 Å². The van der Waals surface area contributed by atoms with Crippen molar-refractivity contribution in [1.82, 2.24) is 4.57 Å². The molecule has 1 heterocycles. The van der Waals surface area contributed by atoms with Crippen LogP contribution in [0.15, 0.2) is 90.4 Å². The number of carbonyl (C=O) groups is 1. The summed E-state index contributed by atoms with van der Waals surface area (Å²) in [6, 6.07) is 18.4. The number of hydrogen-bond donors (Lipinski definition) is 3. The molecule has 3 aromatic carbocycles. The number of phenols is 1. The normalized spacial score (nSPS) is 12.4. The Hall–Kier alpha value is -2.93. The number of benzene rings is 3. The molecule has 0 saturated heterocycles. The van der Waals surface area contributed by atoms with E-state index in [0.717, 1.165) is 39.8 Å². The molecule has 0 radical (unpaired) electrons. The second-order valence-electron chi connectivity index (χ2n) is 8.11. The number of phenolic OH excluding ortho intramolecular Hbond substituents is 1. The Labute approximate surface area is 259 Å². The molecule has 0 aliphatic heterocycles. The Morgan fingerprint density at radius 3 is 2.58 bits per heavy atom. The van der Waals surface area contributed by atoms with E-state index < -0.39 is 14.5 Å². The van der Waals surface area contributed by atoms with Crippen molar-refractivity contribution in [2.75, 3.05) is 11.9 Å². The fourth-order valence-electron chi connectivity index (χ4n) is 3.98. The summed E-state index contributed by atoms with van der Waals surface area (Å²) in [5.41, 5.74) is 11.1. The molecule has 0 aliphatic rings. The van der Waals surface area contributed by atoms with Crippen LogP contribution in [0.25, 0.3) is 10.9 Å². The number of carbonyl (C=O) groups excluding carboxylic acids is 1. The summed E-state index contributed by atoms with van der Waals surface area (Å²) in [6.45, 7) is 4.51. The van der Waals surface area contributed by atoms with E-state index in [4.69, 9.17) is 29.5 Å². The molecular formula is C25H24Cl2IN9O2W. The number of anilines is 1. The molecule has 4 rings (SSSR count). The van der Waals surface area contributed by atoms with Gasteiger partial charge in [-0.05, 0) is 67.8 Å². The standard InChI is InChI=1S/C25H22Cl2N2O2.HI.HN7.W.H/c1-15-14-17(10-11-23(15)30)28-13-12-18-16(2)29(22-9-4-3-6-19(18)22)25(31)20-7-5-8-21(26)24(20)27;;1-3-5-7-6-4-2;;/h3-11,14,28,30H,12-13H2,1-2H3;1H;1H;;/q;;;+1;/p-1/b;;3-1?,6-4+,7-5+;;/i;;;;1+1. The van der Waals surface area contributed by atoms with Gasteiger partial charge < -0.3 is 10.4 Å². The van der Waals surface area contributed by atoms with Crippen LogP contribution < -0.4 is 5.32 Å².